The van der Waals surface area contributed by atoms with Gasteiger partial charge in [0.2, 0.25) is 0 Å². The molecule has 1 atom stereocenters. The van der Waals surface area contributed by atoms with E-state index < -0.39 is 0 Å². The van der Waals surface area contributed by atoms with E-state index in [1.54, 1.807) is 4.68 Å². The smallest absolute Gasteiger partial charge is 0.175 e. The van der Waals surface area contributed by atoms with Crippen LogP contribution in [0.25, 0.3) is 5.82 Å². The van der Waals surface area contributed by atoms with Gasteiger partial charge >= 0.3 is 0 Å². The van der Waals surface area contributed by atoms with Gasteiger partial charge in [-0.3, -0.25) is 0 Å². The van der Waals surface area contributed by atoms with E-state index in [4.69, 9.17) is 4.74 Å². The quantitative estimate of drug-likeness (QED) is 0.643. The largest absolute Gasteiger partial charge is 0.381 e. The molecule has 0 radical (unpaired) electrons. The maximum atomic E-state index is 5.63. The number of hydrogen-bond donors (Lipinski definition) is 2. The third-order valence-corrected chi connectivity index (χ3v) is 5.49. The van der Waals surface area contributed by atoms with E-state index in [0.29, 0.717) is 5.82 Å². The summed E-state index contributed by atoms with van der Waals surface area (Å²) in [5.41, 5.74) is 2.19. The van der Waals surface area contributed by atoms with Crippen molar-refractivity contribution in [3.05, 3.63) is 66.0 Å². The molecule has 2 aromatic heterocycles. The fraction of sp³-hybridized carbons (Fsp3) is 0.409. The molecule has 3 aromatic rings. The fourth-order valence-corrected chi connectivity index (χ4v) is 3.76. The third-order valence-electron chi connectivity index (χ3n) is 5.49. The molecule has 1 fully saturated rings. The number of aryl methyl sites for hydroxylation is 1. The summed E-state index contributed by atoms with van der Waals surface area (Å²) in [6.45, 7) is 6.46. The number of hydrogen-bond acceptors (Lipinski definition) is 6. The van der Waals surface area contributed by atoms with Gasteiger partial charge in [-0.1, -0.05) is 30.3 Å². The van der Waals surface area contributed by atoms with Crippen molar-refractivity contribution < 1.29 is 4.74 Å². The van der Waals surface area contributed by atoms with Crippen molar-refractivity contribution >= 4 is 5.82 Å². The summed E-state index contributed by atoms with van der Waals surface area (Å²) in [5.74, 6) is 1.47. The van der Waals surface area contributed by atoms with E-state index in [1.165, 1.54) is 5.56 Å². The van der Waals surface area contributed by atoms with Crippen molar-refractivity contribution in [3.8, 4) is 5.82 Å². The Morgan fingerprint density at radius 1 is 1.07 bits per heavy atom. The predicted octanol–water partition coefficient (Wildman–Crippen LogP) is 3.28. The number of benzene rings is 1. The lowest BCUT2D eigenvalue weighted by Gasteiger charge is -2.40. The normalized spacial score (nSPS) is 17.0. The van der Waals surface area contributed by atoms with E-state index >= 15 is 0 Å². The van der Waals surface area contributed by atoms with Crippen molar-refractivity contribution in [2.45, 2.75) is 38.3 Å². The highest BCUT2D eigenvalue weighted by Crippen LogP contribution is 2.26. The Labute approximate surface area is 171 Å². The lowest BCUT2D eigenvalue weighted by atomic mass is 9.88. The van der Waals surface area contributed by atoms with Crippen molar-refractivity contribution in [1.29, 1.82) is 0 Å². The predicted molar refractivity (Wildman–Crippen MR) is 113 cm³/mol. The molecule has 0 saturated carbocycles. The minimum absolute atomic E-state index is 0.0487. The standard InChI is InChI=1S/C22H28N6O/c1-17-10-13-28(27-17)21-9-8-20(25-26-21)23-16-22(11-14-29-15-12-22)24-18(2)19-6-4-3-5-7-19/h3-10,13,18,24H,11-12,14-16H2,1-2H3,(H,23,25). The minimum Gasteiger partial charge on any atom is -0.381 e. The van der Waals surface area contributed by atoms with Crippen LogP contribution in [0.3, 0.4) is 0 Å². The van der Waals surface area contributed by atoms with Crippen molar-refractivity contribution in [1.82, 2.24) is 25.3 Å². The molecule has 1 aliphatic heterocycles. The molecule has 7 nitrogen and oxygen atoms in total. The average molecular weight is 393 g/mol. The molecule has 0 aliphatic carbocycles. The van der Waals surface area contributed by atoms with E-state index in [-0.39, 0.29) is 11.6 Å². The molecule has 1 saturated heterocycles. The van der Waals surface area contributed by atoms with Crippen LogP contribution in [0, 0.1) is 6.92 Å². The summed E-state index contributed by atoms with van der Waals surface area (Å²) in [5, 5.41) is 20.3. The topological polar surface area (TPSA) is 76.9 Å². The second-order valence-corrected chi connectivity index (χ2v) is 7.70. The Hall–Kier alpha value is -2.77. The van der Waals surface area contributed by atoms with Crippen molar-refractivity contribution in [3.63, 3.8) is 0 Å². The molecular formula is C22H28N6O. The monoisotopic (exact) mass is 392 g/mol. The van der Waals surface area contributed by atoms with E-state index in [1.807, 2.05) is 31.3 Å². The molecular weight excluding hydrogens is 364 g/mol. The van der Waals surface area contributed by atoms with Crippen LogP contribution >= 0.6 is 0 Å². The summed E-state index contributed by atoms with van der Waals surface area (Å²) in [7, 11) is 0. The van der Waals surface area contributed by atoms with Crippen molar-refractivity contribution in [2.75, 3.05) is 25.1 Å². The van der Waals surface area contributed by atoms with Crippen LogP contribution in [-0.2, 0) is 4.74 Å². The summed E-state index contributed by atoms with van der Waals surface area (Å²) in [4.78, 5) is 0. The van der Waals surface area contributed by atoms with Gasteiger partial charge < -0.3 is 15.4 Å². The zero-order valence-corrected chi connectivity index (χ0v) is 17.0. The average Bonchev–Trinajstić information content (AvgIpc) is 3.20. The Balaban J connectivity index is 1.43. The number of rotatable bonds is 7. The van der Waals surface area contributed by atoms with Gasteiger partial charge in [0.1, 0.15) is 5.82 Å². The highest BCUT2D eigenvalue weighted by atomic mass is 16.5. The molecule has 0 amide bonds. The van der Waals surface area contributed by atoms with Gasteiger partial charge in [0.15, 0.2) is 5.82 Å². The molecule has 4 rings (SSSR count). The molecule has 3 heterocycles. The second-order valence-electron chi connectivity index (χ2n) is 7.70. The number of nitrogens with one attached hydrogen (secondary N) is 2. The molecule has 1 aromatic carbocycles. The van der Waals surface area contributed by atoms with Crippen LogP contribution in [0.1, 0.15) is 37.1 Å². The van der Waals surface area contributed by atoms with Gasteiger partial charge in [-0.15, -0.1) is 10.2 Å². The van der Waals surface area contributed by atoms with Gasteiger partial charge in [0.25, 0.3) is 0 Å². The van der Waals surface area contributed by atoms with Gasteiger partial charge in [0.05, 0.1) is 5.69 Å². The van der Waals surface area contributed by atoms with Crippen LogP contribution < -0.4 is 10.6 Å². The van der Waals surface area contributed by atoms with Crippen LogP contribution in [-0.4, -0.2) is 45.3 Å². The number of aromatic nitrogens is 4. The molecule has 152 valence electrons. The highest BCUT2D eigenvalue weighted by Gasteiger charge is 2.34. The fourth-order valence-electron chi connectivity index (χ4n) is 3.76. The zero-order chi connectivity index (χ0) is 20.1. The van der Waals surface area contributed by atoms with Crippen LogP contribution in [0.5, 0.6) is 0 Å². The van der Waals surface area contributed by atoms with E-state index in [9.17, 15) is 0 Å². The summed E-state index contributed by atoms with van der Waals surface area (Å²) in [6.07, 6.45) is 3.79. The first-order valence-electron chi connectivity index (χ1n) is 10.1. The maximum absolute atomic E-state index is 5.63. The minimum atomic E-state index is -0.0487. The molecule has 0 bridgehead atoms. The van der Waals surface area contributed by atoms with E-state index in [0.717, 1.165) is 44.1 Å². The van der Waals surface area contributed by atoms with Gasteiger partial charge in [-0.05, 0) is 50.5 Å². The second kappa shape index (κ2) is 8.71. The Morgan fingerprint density at radius 2 is 1.86 bits per heavy atom. The Bertz CT molecular complexity index is 903. The number of ether oxygens (including phenoxy) is 1. The van der Waals surface area contributed by atoms with Crippen LogP contribution in [0.15, 0.2) is 54.7 Å². The third kappa shape index (κ3) is 4.81. The van der Waals surface area contributed by atoms with Crippen LogP contribution in [0.2, 0.25) is 0 Å². The highest BCUT2D eigenvalue weighted by molar-refractivity contribution is 5.37. The van der Waals surface area contributed by atoms with Crippen molar-refractivity contribution in [2.24, 2.45) is 0 Å². The molecule has 29 heavy (non-hydrogen) atoms. The first-order valence-corrected chi connectivity index (χ1v) is 10.1. The zero-order valence-electron chi connectivity index (χ0n) is 17.0. The van der Waals surface area contributed by atoms with Gasteiger partial charge in [-0.2, -0.15) is 5.10 Å². The number of nitrogens with zero attached hydrogens (tertiary/aromatic N) is 4. The summed E-state index contributed by atoms with van der Waals surface area (Å²) >= 11 is 0. The molecule has 2 N–H and O–H groups in total. The SMILES string of the molecule is Cc1ccn(-c2ccc(NCC3(NC(C)c4ccccc4)CCOCC3)nn2)n1. The first-order chi connectivity index (χ1) is 14.1. The Kier molecular flexibility index (Phi) is 5.87. The molecule has 1 aliphatic rings. The lowest BCUT2D eigenvalue weighted by Crippen LogP contribution is -2.54. The van der Waals surface area contributed by atoms with Gasteiger partial charge in [-0.25, -0.2) is 4.68 Å². The first kappa shape index (κ1) is 19.5. The number of anilines is 1. The molecule has 0 spiro atoms. The van der Waals surface area contributed by atoms with Crippen LogP contribution in [0.4, 0.5) is 5.82 Å². The maximum Gasteiger partial charge on any atom is 0.175 e. The lowest BCUT2D eigenvalue weighted by molar-refractivity contribution is 0.0389. The molecule has 1 unspecified atom stereocenters. The summed E-state index contributed by atoms with van der Waals surface area (Å²) in [6, 6.07) is 16.6. The molecule has 7 heteroatoms. The summed E-state index contributed by atoms with van der Waals surface area (Å²) < 4.78 is 7.36. The Morgan fingerprint density at radius 3 is 2.52 bits per heavy atom. The van der Waals surface area contributed by atoms with Gasteiger partial charge in [0, 0.05) is 37.5 Å². The van der Waals surface area contributed by atoms with E-state index in [2.05, 4.69) is 63.2 Å².